The summed E-state index contributed by atoms with van der Waals surface area (Å²) in [6.45, 7) is 6.41. The Morgan fingerprint density at radius 3 is 2.24 bits per heavy atom. The number of hydrogen-bond donors (Lipinski definition) is 3. The monoisotopic (exact) mass is 473 g/mol. The first-order valence-corrected chi connectivity index (χ1v) is 11.0. The highest BCUT2D eigenvalue weighted by Gasteiger charge is 2.29. The number of amides is 3. The molecular formula is C23H31N5O6. The highest BCUT2D eigenvalue weighted by molar-refractivity contribution is 6.11. The van der Waals surface area contributed by atoms with Crippen LogP contribution >= 0.6 is 0 Å². The smallest absolute Gasteiger partial charge is 0.410 e. The Bertz CT molecular complexity index is 1010. The molecule has 2 heterocycles. The Hall–Kier alpha value is -3.76. The summed E-state index contributed by atoms with van der Waals surface area (Å²) in [5, 5.41) is 12.2. The maximum Gasteiger partial charge on any atom is 0.410 e. The first-order chi connectivity index (χ1) is 16.1. The molecule has 1 aliphatic heterocycles. The Balaban J connectivity index is 1.62. The van der Waals surface area contributed by atoms with E-state index in [1.807, 2.05) is 20.8 Å². The number of nitrogens with one attached hydrogen (secondary N) is 3. The molecule has 0 radical (unpaired) electrons. The molecule has 1 aliphatic rings. The Morgan fingerprint density at radius 1 is 1.06 bits per heavy atom. The van der Waals surface area contributed by atoms with Gasteiger partial charge in [-0.1, -0.05) is 6.07 Å². The molecule has 3 amide bonds. The molecule has 184 valence electrons. The van der Waals surface area contributed by atoms with Crippen molar-refractivity contribution in [1.29, 1.82) is 0 Å². The maximum absolute atomic E-state index is 12.9. The molecule has 1 aromatic carbocycles. The number of methoxy groups -OCH3 is 2. The van der Waals surface area contributed by atoms with Gasteiger partial charge in [-0.15, -0.1) is 0 Å². The molecule has 3 rings (SSSR count). The second-order valence-electron chi connectivity index (χ2n) is 8.87. The van der Waals surface area contributed by atoms with Crippen LogP contribution in [0.5, 0.6) is 11.5 Å². The van der Waals surface area contributed by atoms with E-state index in [1.165, 1.54) is 20.4 Å². The van der Waals surface area contributed by atoms with Crippen LogP contribution in [0.1, 0.15) is 54.5 Å². The molecule has 2 aromatic rings. The van der Waals surface area contributed by atoms with Crippen LogP contribution in [0.25, 0.3) is 0 Å². The van der Waals surface area contributed by atoms with Gasteiger partial charge in [-0.25, -0.2) is 4.79 Å². The van der Waals surface area contributed by atoms with E-state index in [1.54, 1.807) is 23.1 Å². The van der Waals surface area contributed by atoms with Crippen molar-refractivity contribution in [1.82, 2.24) is 20.4 Å². The van der Waals surface area contributed by atoms with Crippen molar-refractivity contribution in [3.63, 3.8) is 0 Å². The summed E-state index contributed by atoms with van der Waals surface area (Å²) in [4.78, 5) is 39.7. The van der Waals surface area contributed by atoms with Gasteiger partial charge in [0.2, 0.25) is 0 Å². The maximum atomic E-state index is 12.9. The molecular weight excluding hydrogens is 442 g/mol. The summed E-state index contributed by atoms with van der Waals surface area (Å²) in [5.74, 6) is -0.239. The van der Waals surface area contributed by atoms with E-state index in [2.05, 4.69) is 20.8 Å². The number of H-pyrrole nitrogens is 1. The number of aromatic nitrogens is 2. The molecule has 34 heavy (non-hydrogen) atoms. The number of piperidine rings is 1. The molecule has 0 aliphatic carbocycles. The number of hydrogen-bond acceptors (Lipinski definition) is 7. The van der Waals surface area contributed by atoms with Gasteiger partial charge in [-0.3, -0.25) is 14.7 Å². The average Bonchev–Trinajstić information content (AvgIpc) is 3.25. The third-order valence-corrected chi connectivity index (χ3v) is 5.25. The topological polar surface area (TPSA) is 135 Å². The van der Waals surface area contributed by atoms with E-state index < -0.39 is 17.4 Å². The second kappa shape index (κ2) is 10.4. The van der Waals surface area contributed by atoms with Crippen molar-refractivity contribution >= 4 is 23.6 Å². The van der Waals surface area contributed by atoms with Gasteiger partial charge in [-0.2, -0.15) is 5.10 Å². The molecule has 1 aromatic heterocycles. The van der Waals surface area contributed by atoms with Gasteiger partial charge in [0.15, 0.2) is 0 Å². The molecule has 0 spiro atoms. The summed E-state index contributed by atoms with van der Waals surface area (Å²) in [7, 11) is 2.91. The van der Waals surface area contributed by atoms with Gasteiger partial charge in [0.25, 0.3) is 11.8 Å². The standard InChI is InChI=1S/C23H31N5O6/c1-23(2,3)34-22(31)28-11-9-14(10-12-28)25-21(30)19-15(13-24-27-19)26-20(29)18-16(32-4)7-6-8-17(18)33-5/h6-8,13-14H,9-12H2,1-5H3,(H,24,27)(H,25,30)(H,26,29). The molecule has 1 fully saturated rings. The lowest BCUT2D eigenvalue weighted by molar-refractivity contribution is 0.0199. The van der Waals surface area contributed by atoms with Crippen molar-refractivity contribution in [3.8, 4) is 11.5 Å². The van der Waals surface area contributed by atoms with Crippen LogP contribution in [0.4, 0.5) is 10.5 Å². The van der Waals surface area contributed by atoms with E-state index >= 15 is 0 Å². The van der Waals surface area contributed by atoms with Crippen molar-refractivity contribution in [2.45, 2.75) is 45.3 Å². The zero-order valence-corrected chi connectivity index (χ0v) is 20.1. The predicted molar refractivity (Wildman–Crippen MR) is 124 cm³/mol. The number of ether oxygens (including phenoxy) is 3. The van der Waals surface area contributed by atoms with Crippen LogP contribution in [-0.2, 0) is 4.74 Å². The summed E-state index contributed by atoms with van der Waals surface area (Å²) < 4.78 is 16.0. The van der Waals surface area contributed by atoms with Crippen LogP contribution in [0.2, 0.25) is 0 Å². The number of rotatable bonds is 6. The Kier molecular flexibility index (Phi) is 7.64. The van der Waals surface area contributed by atoms with Crippen LogP contribution in [0, 0.1) is 0 Å². The quantitative estimate of drug-likeness (QED) is 0.587. The fourth-order valence-electron chi connectivity index (χ4n) is 3.60. The minimum atomic E-state index is -0.558. The van der Waals surface area contributed by atoms with Crippen molar-refractivity contribution in [2.75, 3.05) is 32.6 Å². The molecule has 3 N–H and O–H groups in total. The SMILES string of the molecule is COc1cccc(OC)c1C(=O)Nc1cn[nH]c1C(=O)NC1CCN(C(=O)OC(C)(C)C)CC1. The molecule has 11 heteroatoms. The largest absolute Gasteiger partial charge is 0.496 e. The van der Waals surface area contributed by atoms with Crippen LogP contribution in [0.3, 0.4) is 0 Å². The molecule has 0 saturated carbocycles. The molecule has 1 saturated heterocycles. The highest BCUT2D eigenvalue weighted by atomic mass is 16.6. The minimum Gasteiger partial charge on any atom is -0.496 e. The Morgan fingerprint density at radius 2 is 1.68 bits per heavy atom. The van der Waals surface area contributed by atoms with E-state index in [4.69, 9.17) is 14.2 Å². The van der Waals surface area contributed by atoms with E-state index in [9.17, 15) is 14.4 Å². The molecule has 0 bridgehead atoms. The lowest BCUT2D eigenvalue weighted by Gasteiger charge is -2.33. The molecule has 0 atom stereocenters. The Labute approximate surface area is 198 Å². The number of likely N-dealkylation sites (tertiary alicyclic amines) is 1. The molecule has 11 nitrogen and oxygen atoms in total. The first-order valence-electron chi connectivity index (χ1n) is 11.0. The van der Waals surface area contributed by atoms with Gasteiger partial charge < -0.3 is 29.7 Å². The zero-order valence-electron chi connectivity index (χ0n) is 20.1. The van der Waals surface area contributed by atoms with E-state index in [0.29, 0.717) is 37.4 Å². The summed E-state index contributed by atoms with van der Waals surface area (Å²) in [5.41, 5.74) is -0.00907. The first kappa shape index (κ1) is 24.9. The fourth-order valence-corrected chi connectivity index (χ4v) is 3.60. The third kappa shape index (κ3) is 5.97. The number of benzene rings is 1. The zero-order chi connectivity index (χ0) is 24.9. The van der Waals surface area contributed by atoms with Crippen LogP contribution in [-0.4, -0.2) is 72.0 Å². The number of carbonyl (C=O) groups excluding carboxylic acids is 3. The van der Waals surface area contributed by atoms with Crippen molar-refractivity contribution in [3.05, 3.63) is 35.7 Å². The summed E-state index contributed by atoms with van der Waals surface area (Å²) in [6.07, 6.45) is 2.17. The lowest BCUT2D eigenvalue weighted by Crippen LogP contribution is -2.47. The third-order valence-electron chi connectivity index (χ3n) is 5.25. The number of aromatic amines is 1. The van der Waals surface area contributed by atoms with Crippen molar-refractivity contribution in [2.24, 2.45) is 0 Å². The lowest BCUT2D eigenvalue weighted by atomic mass is 10.1. The highest BCUT2D eigenvalue weighted by Crippen LogP contribution is 2.29. The second-order valence-corrected chi connectivity index (χ2v) is 8.87. The van der Waals surface area contributed by atoms with E-state index in [0.717, 1.165) is 0 Å². The predicted octanol–water partition coefficient (Wildman–Crippen LogP) is 2.81. The van der Waals surface area contributed by atoms with Gasteiger partial charge in [0, 0.05) is 19.1 Å². The van der Waals surface area contributed by atoms with Gasteiger partial charge >= 0.3 is 6.09 Å². The average molecular weight is 474 g/mol. The summed E-state index contributed by atoms with van der Waals surface area (Å²) >= 11 is 0. The van der Waals surface area contributed by atoms with Crippen LogP contribution < -0.4 is 20.1 Å². The van der Waals surface area contributed by atoms with Crippen LogP contribution in [0.15, 0.2) is 24.4 Å². The van der Waals surface area contributed by atoms with Gasteiger partial charge in [0.1, 0.15) is 28.4 Å². The minimum absolute atomic E-state index is 0.122. The molecule has 0 unspecified atom stereocenters. The number of anilines is 1. The van der Waals surface area contributed by atoms with Gasteiger partial charge in [0.05, 0.1) is 26.1 Å². The van der Waals surface area contributed by atoms with Crippen molar-refractivity contribution < 1.29 is 28.6 Å². The van der Waals surface area contributed by atoms with Gasteiger partial charge in [-0.05, 0) is 45.7 Å². The number of carbonyl (C=O) groups is 3. The normalized spacial score (nSPS) is 14.3. The number of nitrogens with zero attached hydrogens (tertiary/aromatic N) is 2. The van der Waals surface area contributed by atoms with E-state index in [-0.39, 0.29) is 29.1 Å². The summed E-state index contributed by atoms with van der Waals surface area (Å²) in [6, 6.07) is 4.86. The fraction of sp³-hybridized carbons (Fsp3) is 0.478.